The van der Waals surface area contributed by atoms with E-state index in [1.165, 1.54) is 5.56 Å². The minimum absolute atomic E-state index is 0.0359. The highest BCUT2D eigenvalue weighted by Crippen LogP contribution is 2.19. The van der Waals surface area contributed by atoms with Crippen LogP contribution in [0.1, 0.15) is 35.7 Å². The van der Waals surface area contributed by atoms with E-state index in [0.29, 0.717) is 18.7 Å². The number of nitrogens with one attached hydrogen (secondary N) is 1. The molecule has 134 valence electrons. The Bertz CT molecular complexity index is 644. The van der Waals surface area contributed by atoms with Gasteiger partial charge in [0.15, 0.2) is 0 Å². The van der Waals surface area contributed by atoms with E-state index in [2.05, 4.69) is 11.6 Å². The van der Waals surface area contributed by atoms with Crippen LogP contribution in [0.5, 0.6) is 0 Å². The maximum atomic E-state index is 12.7. The lowest BCUT2D eigenvalue weighted by atomic mass is 9.97. The van der Waals surface area contributed by atoms with Gasteiger partial charge in [-0.1, -0.05) is 19.1 Å². The summed E-state index contributed by atoms with van der Waals surface area (Å²) in [7, 11) is -3.18. The Morgan fingerprint density at radius 2 is 2.04 bits per heavy atom. The van der Waals surface area contributed by atoms with Gasteiger partial charge in [0.05, 0.1) is 6.26 Å². The van der Waals surface area contributed by atoms with Gasteiger partial charge in [0.1, 0.15) is 0 Å². The Morgan fingerprint density at radius 3 is 2.67 bits per heavy atom. The van der Waals surface area contributed by atoms with Gasteiger partial charge in [0, 0.05) is 31.0 Å². The Kier molecular flexibility index (Phi) is 7.13. The summed E-state index contributed by atoms with van der Waals surface area (Å²) in [6.07, 6.45) is 3.02. The predicted molar refractivity (Wildman–Crippen MR) is 99.8 cm³/mol. The van der Waals surface area contributed by atoms with Crippen LogP contribution in [-0.2, 0) is 15.8 Å². The normalized spacial score (nSPS) is 18.6. The predicted octanol–water partition coefficient (Wildman–Crippen LogP) is 2.34. The molecule has 1 aromatic rings. The fraction of sp³-hybridized carbons (Fsp3) is 0.588. The van der Waals surface area contributed by atoms with E-state index in [4.69, 9.17) is 0 Å². The van der Waals surface area contributed by atoms with Crippen molar-refractivity contribution in [1.82, 2.24) is 9.62 Å². The molecule has 1 atom stereocenters. The van der Waals surface area contributed by atoms with Gasteiger partial charge in [-0.15, -0.1) is 0 Å². The first kappa shape index (κ1) is 19.3. The van der Waals surface area contributed by atoms with Crippen molar-refractivity contribution >= 4 is 27.7 Å². The van der Waals surface area contributed by atoms with E-state index in [1.54, 1.807) is 0 Å². The number of benzene rings is 1. The van der Waals surface area contributed by atoms with Crippen LogP contribution < -0.4 is 4.72 Å². The van der Waals surface area contributed by atoms with E-state index in [-0.39, 0.29) is 11.8 Å². The number of amides is 1. The van der Waals surface area contributed by atoms with Crippen molar-refractivity contribution in [3.8, 4) is 0 Å². The van der Waals surface area contributed by atoms with E-state index >= 15 is 0 Å². The summed E-state index contributed by atoms with van der Waals surface area (Å²) in [5, 5.41) is 0. The first-order valence-corrected chi connectivity index (χ1v) is 11.3. The molecular formula is C17H26N2O3S2. The van der Waals surface area contributed by atoms with Gasteiger partial charge >= 0.3 is 0 Å². The quantitative estimate of drug-likeness (QED) is 0.800. The zero-order chi connectivity index (χ0) is 17.6. The van der Waals surface area contributed by atoms with Crippen LogP contribution in [0, 0.1) is 5.92 Å². The zero-order valence-electron chi connectivity index (χ0n) is 14.3. The third-order valence-electron chi connectivity index (χ3n) is 4.11. The number of hydrogen-bond donors (Lipinski definition) is 1. The number of piperidine rings is 1. The summed E-state index contributed by atoms with van der Waals surface area (Å²) in [4.78, 5) is 14.5. The second-order valence-electron chi connectivity index (χ2n) is 6.21. The number of sulfonamides is 1. The monoisotopic (exact) mass is 370 g/mol. The van der Waals surface area contributed by atoms with Crippen molar-refractivity contribution in [2.24, 2.45) is 5.92 Å². The first-order valence-electron chi connectivity index (χ1n) is 8.29. The lowest BCUT2D eigenvalue weighted by molar-refractivity contribution is 0.0676. The van der Waals surface area contributed by atoms with Crippen LogP contribution in [0.3, 0.4) is 0 Å². The number of likely N-dealkylation sites (tertiary alicyclic amines) is 1. The summed E-state index contributed by atoms with van der Waals surface area (Å²) < 4.78 is 25.0. The first-order chi connectivity index (χ1) is 11.4. The number of carbonyl (C=O) groups is 1. The molecule has 1 N–H and O–H groups in total. The van der Waals surface area contributed by atoms with Crippen molar-refractivity contribution in [1.29, 1.82) is 0 Å². The number of rotatable bonds is 7. The largest absolute Gasteiger partial charge is 0.338 e. The summed E-state index contributed by atoms with van der Waals surface area (Å²) in [6.45, 7) is 3.88. The molecule has 1 heterocycles. The highest BCUT2D eigenvalue weighted by atomic mass is 32.2. The molecule has 0 spiro atoms. The lowest BCUT2D eigenvalue weighted by Crippen LogP contribution is -2.43. The molecule has 1 fully saturated rings. The number of hydrogen-bond acceptors (Lipinski definition) is 4. The van der Waals surface area contributed by atoms with Gasteiger partial charge in [0.2, 0.25) is 10.0 Å². The molecule has 0 radical (unpaired) electrons. The molecule has 24 heavy (non-hydrogen) atoms. The maximum Gasteiger partial charge on any atom is 0.253 e. The molecule has 0 aliphatic carbocycles. The fourth-order valence-electron chi connectivity index (χ4n) is 2.83. The van der Waals surface area contributed by atoms with Crippen molar-refractivity contribution < 1.29 is 13.2 Å². The SMILES string of the molecule is CCSCc1ccc(C(=O)N2CCC[C@@H](CNS(C)(=O)=O)C2)cc1. The van der Waals surface area contributed by atoms with Crippen molar-refractivity contribution in [2.75, 3.05) is 31.6 Å². The van der Waals surface area contributed by atoms with Crippen LogP contribution in [0.25, 0.3) is 0 Å². The molecule has 1 aliphatic rings. The second kappa shape index (κ2) is 8.87. The minimum Gasteiger partial charge on any atom is -0.338 e. The van der Waals surface area contributed by atoms with Gasteiger partial charge in [0.25, 0.3) is 5.91 Å². The van der Waals surface area contributed by atoms with Gasteiger partial charge in [-0.25, -0.2) is 13.1 Å². The van der Waals surface area contributed by atoms with Gasteiger partial charge in [-0.2, -0.15) is 11.8 Å². The van der Waals surface area contributed by atoms with E-state index in [1.807, 2.05) is 40.9 Å². The Morgan fingerprint density at radius 1 is 1.33 bits per heavy atom. The topological polar surface area (TPSA) is 66.5 Å². The van der Waals surface area contributed by atoms with Crippen LogP contribution in [0.2, 0.25) is 0 Å². The lowest BCUT2D eigenvalue weighted by Gasteiger charge is -2.32. The number of thioether (sulfide) groups is 1. The molecule has 0 saturated carbocycles. The van der Waals surface area contributed by atoms with Crippen molar-refractivity contribution in [3.05, 3.63) is 35.4 Å². The standard InChI is InChI=1S/C17H26N2O3S2/c1-3-23-13-14-6-8-16(9-7-14)17(20)19-10-4-5-15(12-19)11-18-24(2,21)22/h6-9,15,18H,3-5,10-13H2,1-2H3/t15-/m0/s1. The average molecular weight is 371 g/mol. The number of carbonyl (C=O) groups excluding carboxylic acids is 1. The van der Waals surface area contributed by atoms with Crippen LogP contribution in [0.4, 0.5) is 0 Å². The van der Waals surface area contributed by atoms with Gasteiger partial charge in [-0.05, 0) is 42.2 Å². The second-order valence-corrected chi connectivity index (χ2v) is 9.32. The highest BCUT2D eigenvalue weighted by molar-refractivity contribution is 7.98. The van der Waals surface area contributed by atoms with Crippen LogP contribution >= 0.6 is 11.8 Å². The maximum absolute atomic E-state index is 12.7. The van der Waals surface area contributed by atoms with Crippen molar-refractivity contribution in [2.45, 2.75) is 25.5 Å². The molecule has 1 aromatic carbocycles. The summed E-state index contributed by atoms with van der Waals surface area (Å²) >= 11 is 1.86. The Labute approximate surface area is 149 Å². The molecule has 1 aliphatic heterocycles. The average Bonchev–Trinajstić information content (AvgIpc) is 2.57. The number of nitrogens with zero attached hydrogens (tertiary/aromatic N) is 1. The van der Waals surface area contributed by atoms with E-state index in [9.17, 15) is 13.2 Å². The van der Waals surface area contributed by atoms with Crippen LogP contribution in [-0.4, -0.2) is 50.9 Å². The summed E-state index contributed by atoms with van der Waals surface area (Å²) in [6, 6.07) is 7.82. The smallest absolute Gasteiger partial charge is 0.253 e. The summed E-state index contributed by atoms with van der Waals surface area (Å²) in [5.74, 6) is 2.26. The molecule has 1 saturated heterocycles. The van der Waals surface area contributed by atoms with Gasteiger partial charge in [-0.3, -0.25) is 4.79 Å². The Balaban J connectivity index is 1.93. The molecule has 2 rings (SSSR count). The van der Waals surface area contributed by atoms with E-state index in [0.717, 1.165) is 37.1 Å². The van der Waals surface area contributed by atoms with Crippen molar-refractivity contribution in [3.63, 3.8) is 0 Å². The molecule has 7 heteroatoms. The van der Waals surface area contributed by atoms with Crippen LogP contribution in [0.15, 0.2) is 24.3 Å². The third-order valence-corrected chi connectivity index (χ3v) is 5.75. The molecule has 5 nitrogen and oxygen atoms in total. The minimum atomic E-state index is -3.18. The zero-order valence-corrected chi connectivity index (χ0v) is 16.0. The third kappa shape index (κ3) is 6.11. The van der Waals surface area contributed by atoms with E-state index < -0.39 is 10.0 Å². The fourth-order valence-corrected chi connectivity index (χ4v) is 4.00. The summed E-state index contributed by atoms with van der Waals surface area (Å²) in [5.41, 5.74) is 1.93. The molecule has 0 aromatic heterocycles. The Hall–Kier alpha value is -1.05. The molecule has 1 amide bonds. The molecular weight excluding hydrogens is 344 g/mol. The van der Waals surface area contributed by atoms with Gasteiger partial charge < -0.3 is 4.90 Å². The molecule has 0 bridgehead atoms. The molecule has 0 unspecified atom stereocenters. The highest BCUT2D eigenvalue weighted by Gasteiger charge is 2.25.